The number of benzene rings is 1. The van der Waals surface area contributed by atoms with E-state index in [9.17, 15) is 9.59 Å². The summed E-state index contributed by atoms with van der Waals surface area (Å²) in [6, 6.07) is 12.3. The van der Waals surface area contributed by atoms with Crippen molar-refractivity contribution in [3.05, 3.63) is 63.5 Å². The van der Waals surface area contributed by atoms with Gasteiger partial charge in [0.25, 0.3) is 5.91 Å². The van der Waals surface area contributed by atoms with Gasteiger partial charge in [-0.05, 0) is 74.3 Å². The first-order valence-corrected chi connectivity index (χ1v) is 12.6. The van der Waals surface area contributed by atoms with E-state index in [-0.39, 0.29) is 23.8 Å². The Labute approximate surface area is 198 Å². The number of fused-ring (bicyclic) bond motifs is 2. The van der Waals surface area contributed by atoms with Gasteiger partial charge in [0.2, 0.25) is 5.91 Å². The molecule has 0 atom stereocenters. The molecule has 5 nitrogen and oxygen atoms in total. The van der Waals surface area contributed by atoms with E-state index >= 15 is 0 Å². The standard InChI is InChI=1S/C27H29N3O2S/c1-17(2)28-26(31)18-11-13-30(14-12-18)27(32)24-21-7-3-4-8-23(21)29-25-19(9-10-22(24)25)16-20-6-5-15-33-20/h3-8,15-18H,9-14H2,1-2H3,(H,28,31)/b19-16-. The fourth-order valence-electron chi connectivity index (χ4n) is 4.97. The van der Waals surface area contributed by atoms with Gasteiger partial charge < -0.3 is 10.2 Å². The summed E-state index contributed by atoms with van der Waals surface area (Å²) in [5.74, 6) is 0.164. The normalized spacial score (nSPS) is 17.7. The van der Waals surface area contributed by atoms with E-state index in [1.54, 1.807) is 11.3 Å². The predicted octanol–water partition coefficient (Wildman–Crippen LogP) is 5.16. The molecule has 1 aromatic carbocycles. The van der Waals surface area contributed by atoms with Crippen molar-refractivity contribution < 1.29 is 9.59 Å². The topological polar surface area (TPSA) is 62.3 Å². The van der Waals surface area contributed by atoms with Gasteiger partial charge in [0.15, 0.2) is 0 Å². The molecule has 1 aliphatic carbocycles. The van der Waals surface area contributed by atoms with Gasteiger partial charge in [0.05, 0.1) is 16.8 Å². The van der Waals surface area contributed by atoms with Crippen molar-refractivity contribution in [2.45, 2.75) is 45.6 Å². The molecule has 3 heterocycles. The number of rotatable bonds is 4. The smallest absolute Gasteiger partial charge is 0.254 e. The van der Waals surface area contributed by atoms with E-state index in [1.165, 1.54) is 10.5 Å². The summed E-state index contributed by atoms with van der Waals surface area (Å²) in [5, 5.41) is 6.02. The number of hydrogen-bond acceptors (Lipinski definition) is 4. The zero-order valence-electron chi connectivity index (χ0n) is 19.1. The highest BCUT2D eigenvalue weighted by Crippen LogP contribution is 2.38. The predicted molar refractivity (Wildman–Crippen MR) is 134 cm³/mol. The molecule has 1 fully saturated rings. The first kappa shape index (κ1) is 21.8. The average molecular weight is 460 g/mol. The van der Waals surface area contributed by atoms with Gasteiger partial charge in [-0.1, -0.05) is 24.3 Å². The summed E-state index contributed by atoms with van der Waals surface area (Å²) >= 11 is 1.72. The van der Waals surface area contributed by atoms with E-state index in [0.717, 1.165) is 40.6 Å². The summed E-state index contributed by atoms with van der Waals surface area (Å²) in [4.78, 5) is 34.4. The molecule has 0 spiro atoms. The number of carbonyl (C=O) groups is 2. The highest BCUT2D eigenvalue weighted by Gasteiger charge is 2.32. The third kappa shape index (κ3) is 4.32. The van der Waals surface area contributed by atoms with Crippen LogP contribution in [0.25, 0.3) is 22.6 Å². The van der Waals surface area contributed by atoms with Crippen LogP contribution in [0.3, 0.4) is 0 Å². The molecule has 33 heavy (non-hydrogen) atoms. The number of amides is 2. The Hall–Kier alpha value is -2.99. The zero-order chi connectivity index (χ0) is 22.9. The second kappa shape index (κ2) is 9.10. The number of piperidine rings is 1. The van der Waals surface area contributed by atoms with E-state index < -0.39 is 0 Å². The number of nitrogens with one attached hydrogen (secondary N) is 1. The fourth-order valence-corrected chi connectivity index (χ4v) is 5.66. The van der Waals surface area contributed by atoms with Crippen LogP contribution in [0, 0.1) is 5.92 Å². The molecule has 6 heteroatoms. The average Bonchev–Trinajstić information content (AvgIpc) is 3.47. The molecule has 5 rings (SSSR count). The van der Waals surface area contributed by atoms with Crippen LogP contribution in [-0.2, 0) is 11.2 Å². The lowest BCUT2D eigenvalue weighted by Crippen LogP contribution is -2.44. The number of carbonyl (C=O) groups excluding carboxylic acids is 2. The number of likely N-dealkylation sites (tertiary alicyclic amines) is 1. The van der Waals surface area contributed by atoms with Crippen LogP contribution in [0.4, 0.5) is 0 Å². The molecule has 2 amide bonds. The van der Waals surface area contributed by atoms with Crippen molar-refractivity contribution in [2.24, 2.45) is 5.92 Å². The van der Waals surface area contributed by atoms with Crippen LogP contribution in [0.5, 0.6) is 0 Å². The Bertz CT molecular complexity index is 1220. The SMILES string of the molecule is CC(C)NC(=O)C1CCN(C(=O)c2c3c(nc4ccccc24)/C(=C\c2cccs2)CC3)CC1. The van der Waals surface area contributed by atoms with Gasteiger partial charge in [0.1, 0.15) is 0 Å². The molecule has 1 N–H and O–H groups in total. The Morgan fingerprint density at radius 2 is 1.91 bits per heavy atom. The summed E-state index contributed by atoms with van der Waals surface area (Å²) in [6.07, 6.45) is 5.36. The summed E-state index contributed by atoms with van der Waals surface area (Å²) < 4.78 is 0. The Morgan fingerprint density at radius 3 is 2.64 bits per heavy atom. The third-order valence-electron chi connectivity index (χ3n) is 6.60. The molecular weight excluding hydrogens is 430 g/mol. The molecular formula is C27H29N3O2S. The monoisotopic (exact) mass is 459 g/mol. The number of thiophene rings is 1. The largest absolute Gasteiger partial charge is 0.354 e. The van der Waals surface area contributed by atoms with Crippen LogP contribution < -0.4 is 5.32 Å². The number of pyridine rings is 1. The second-order valence-corrected chi connectivity index (χ2v) is 10.2. The lowest BCUT2D eigenvalue weighted by Gasteiger charge is -2.32. The van der Waals surface area contributed by atoms with Gasteiger partial charge >= 0.3 is 0 Å². The second-order valence-electron chi connectivity index (χ2n) is 9.25. The number of para-hydroxylation sites is 1. The first-order valence-electron chi connectivity index (χ1n) is 11.8. The van der Waals surface area contributed by atoms with E-state index in [4.69, 9.17) is 4.98 Å². The van der Waals surface area contributed by atoms with Crippen LogP contribution in [0.2, 0.25) is 0 Å². The maximum atomic E-state index is 13.8. The van der Waals surface area contributed by atoms with Crippen molar-refractivity contribution in [1.82, 2.24) is 15.2 Å². The minimum absolute atomic E-state index is 0.0170. The van der Waals surface area contributed by atoms with Crippen molar-refractivity contribution in [3.8, 4) is 0 Å². The van der Waals surface area contributed by atoms with Crippen LogP contribution in [-0.4, -0.2) is 40.8 Å². The van der Waals surface area contributed by atoms with Crippen LogP contribution >= 0.6 is 11.3 Å². The van der Waals surface area contributed by atoms with Crippen molar-refractivity contribution in [2.75, 3.05) is 13.1 Å². The minimum Gasteiger partial charge on any atom is -0.354 e. The van der Waals surface area contributed by atoms with Crippen molar-refractivity contribution in [1.29, 1.82) is 0 Å². The maximum Gasteiger partial charge on any atom is 0.254 e. The van der Waals surface area contributed by atoms with E-state index in [2.05, 4.69) is 28.9 Å². The molecule has 1 saturated heterocycles. The number of hydrogen-bond donors (Lipinski definition) is 1. The Balaban J connectivity index is 1.46. The third-order valence-corrected chi connectivity index (χ3v) is 7.42. The molecule has 0 bridgehead atoms. The van der Waals surface area contributed by atoms with Gasteiger partial charge in [-0.25, -0.2) is 4.98 Å². The molecule has 0 saturated carbocycles. The Kier molecular flexibility index (Phi) is 6.02. The maximum absolute atomic E-state index is 13.8. The minimum atomic E-state index is -0.0170. The summed E-state index contributed by atoms with van der Waals surface area (Å²) in [6.45, 7) is 5.18. The first-order chi connectivity index (χ1) is 16.0. The molecule has 0 radical (unpaired) electrons. The van der Waals surface area contributed by atoms with Gasteiger partial charge in [-0.3, -0.25) is 9.59 Å². The van der Waals surface area contributed by atoms with Crippen molar-refractivity contribution in [3.63, 3.8) is 0 Å². The molecule has 1 aliphatic heterocycles. The van der Waals surface area contributed by atoms with E-state index in [1.807, 2.05) is 43.0 Å². The van der Waals surface area contributed by atoms with Gasteiger partial charge in [0, 0.05) is 35.3 Å². The molecule has 0 unspecified atom stereocenters. The summed E-state index contributed by atoms with van der Waals surface area (Å²) in [5.41, 5.74) is 4.91. The van der Waals surface area contributed by atoms with Gasteiger partial charge in [-0.15, -0.1) is 11.3 Å². The highest BCUT2D eigenvalue weighted by atomic mass is 32.1. The molecule has 2 aromatic heterocycles. The quantitative estimate of drug-likeness (QED) is 0.586. The number of allylic oxidation sites excluding steroid dienone is 1. The van der Waals surface area contributed by atoms with Crippen molar-refractivity contribution >= 4 is 45.7 Å². The van der Waals surface area contributed by atoms with Crippen LogP contribution in [0.1, 0.15) is 59.6 Å². The lowest BCUT2D eigenvalue weighted by atomic mass is 9.93. The summed E-state index contributed by atoms with van der Waals surface area (Å²) in [7, 11) is 0. The van der Waals surface area contributed by atoms with E-state index in [0.29, 0.717) is 25.9 Å². The Morgan fingerprint density at radius 1 is 1.12 bits per heavy atom. The number of aromatic nitrogens is 1. The molecule has 2 aliphatic rings. The number of nitrogens with zero attached hydrogens (tertiary/aromatic N) is 2. The lowest BCUT2D eigenvalue weighted by molar-refractivity contribution is -0.126. The fraction of sp³-hybridized carbons (Fsp3) is 0.370. The zero-order valence-corrected chi connectivity index (χ0v) is 20.0. The van der Waals surface area contributed by atoms with Crippen LogP contribution in [0.15, 0.2) is 41.8 Å². The van der Waals surface area contributed by atoms with Gasteiger partial charge in [-0.2, -0.15) is 0 Å². The molecule has 170 valence electrons. The highest BCUT2D eigenvalue weighted by molar-refractivity contribution is 7.10. The molecule has 3 aromatic rings.